The van der Waals surface area contributed by atoms with E-state index in [1.54, 1.807) is 0 Å². The van der Waals surface area contributed by atoms with Crippen molar-refractivity contribution in [3.05, 3.63) is 114 Å². The molecule has 0 spiro atoms. The lowest BCUT2D eigenvalue weighted by Crippen LogP contribution is -2.04. The molecular formula is C27H17F5N2. The maximum Gasteiger partial charge on any atom is 0.416 e. The highest BCUT2D eigenvalue weighted by Crippen LogP contribution is 2.32. The Balaban J connectivity index is 1.52. The maximum absolute atomic E-state index is 13.8. The van der Waals surface area contributed by atoms with Gasteiger partial charge in [-0.05, 0) is 53.1 Å². The number of benzene rings is 4. The lowest BCUT2D eigenvalue weighted by molar-refractivity contribution is -0.137. The summed E-state index contributed by atoms with van der Waals surface area (Å²) in [5, 5.41) is 0. The van der Waals surface area contributed by atoms with Gasteiger partial charge in [-0.1, -0.05) is 48.5 Å². The first-order valence-electron chi connectivity index (χ1n) is 10.5. The molecule has 7 heteroatoms. The Bertz CT molecular complexity index is 1450. The fraction of sp³-hybridized carbons (Fsp3) is 0.0741. The summed E-state index contributed by atoms with van der Waals surface area (Å²) in [5.74, 6) is -0.687. The third-order valence-corrected chi connectivity index (χ3v) is 5.61. The Hall–Kier alpha value is -4.00. The summed E-state index contributed by atoms with van der Waals surface area (Å²) >= 11 is 0. The summed E-state index contributed by atoms with van der Waals surface area (Å²) in [5.41, 5.74) is 3.49. The standard InChI is InChI=1S/C27H17F5N2/c28-22-13-17(14-23(29)15-22)16-34-25-4-2-1-3-24(25)33-26(34)20-7-5-18(6-8-20)19-9-11-21(12-10-19)27(30,31)32/h1-15H,16H2. The summed E-state index contributed by atoms with van der Waals surface area (Å²) < 4.78 is 67.9. The van der Waals surface area contributed by atoms with Gasteiger partial charge >= 0.3 is 6.18 Å². The number of halogens is 5. The van der Waals surface area contributed by atoms with E-state index in [0.29, 0.717) is 17.0 Å². The fourth-order valence-electron chi connectivity index (χ4n) is 4.00. The molecule has 2 nitrogen and oxygen atoms in total. The van der Waals surface area contributed by atoms with Crippen LogP contribution < -0.4 is 0 Å². The molecule has 170 valence electrons. The van der Waals surface area contributed by atoms with E-state index in [1.807, 2.05) is 53.1 Å². The first kappa shape index (κ1) is 21.8. The van der Waals surface area contributed by atoms with Crippen LogP contribution in [0.5, 0.6) is 0 Å². The van der Waals surface area contributed by atoms with E-state index < -0.39 is 23.4 Å². The van der Waals surface area contributed by atoms with Crippen LogP contribution in [0.2, 0.25) is 0 Å². The summed E-state index contributed by atoms with van der Waals surface area (Å²) in [6, 6.07) is 23.1. The molecule has 1 heterocycles. The predicted octanol–water partition coefficient (Wildman–Crippen LogP) is 7.72. The van der Waals surface area contributed by atoms with E-state index in [1.165, 1.54) is 24.3 Å². The molecule has 0 amide bonds. The van der Waals surface area contributed by atoms with Gasteiger partial charge in [0.2, 0.25) is 0 Å². The number of rotatable bonds is 4. The van der Waals surface area contributed by atoms with Gasteiger partial charge in [-0.15, -0.1) is 0 Å². The molecule has 0 saturated carbocycles. The van der Waals surface area contributed by atoms with Gasteiger partial charge in [0.25, 0.3) is 0 Å². The minimum Gasteiger partial charge on any atom is -0.319 e. The quantitative estimate of drug-likeness (QED) is 0.249. The molecule has 5 aromatic rings. The van der Waals surface area contributed by atoms with Crippen LogP contribution in [-0.2, 0) is 12.7 Å². The van der Waals surface area contributed by atoms with Crippen LogP contribution in [-0.4, -0.2) is 9.55 Å². The average molecular weight is 464 g/mol. The van der Waals surface area contributed by atoms with Crippen molar-refractivity contribution in [2.75, 3.05) is 0 Å². The van der Waals surface area contributed by atoms with Crippen molar-refractivity contribution in [3.8, 4) is 22.5 Å². The van der Waals surface area contributed by atoms with E-state index in [9.17, 15) is 22.0 Å². The number of nitrogens with zero attached hydrogens (tertiary/aromatic N) is 2. The number of aromatic nitrogens is 2. The van der Waals surface area contributed by atoms with E-state index >= 15 is 0 Å². The first-order valence-corrected chi connectivity index (χ1v) is 10.5. The fourth-order valence-corrected chi connectivity index (χ4v) is 4.00. The zero-order valence-electron chi connectivity index (χ0n) is 17.7. The number of hydrogen-bond donors (Lipinski definition) is 0. The van der Waals surface area contributed by atoms with Gasteiger partial charge in [-0.3, -0.25) is 0 Å². The molecule has 0 N–H and O–H groups in total. The smallest absolute Gasteiger partial charge is 0.319 e. The Morgan fingerprint density at radius 1 is 0.676 bits per heavy atom. The third kappa shape index (κ3) is 4.29. The molecule has 0 aliphatic rings. The van der Waals surface area contributed by atoms with Gasteiger partial charge in [0.1, 0.15) is 17.5 Å². The molecule has 0 aliphatic heterocycles. The molecule has 0 atom stereocenters. The van der Waals surface area contributed by atoms with Gasteiger partial charge in [0, 0.05) is 18.2 Å². The summed E-state index contributed by atoms with van der Waals surface area (Å²) in [4.78, 5) is 4.72. The molecule has 34 heavy (non-hydrogen) atoms. The summed E-state index contributed by atoms with van der Waals surface area (Å²) in [6.45, 7) is 0.213. The summed E-state index contributed by atoms with van der Waals surface area (Å²) in [6.07, 6.45) is -4.38. The zero-order valence-corrected chi connectivity index (χ0v) is 17.7. The number of imidazole rings is 1. The van der Waals surface area contributed by atoms with Crippen molar-refractivity contribution in [2.24, 2.45) is 0 Å². The highest BCUT2D eigenvalue weighted by atomic mass is 19.4. The zero-order chi connectivity index (χ0) is 23.9. The van der Waals surface area contributed by atoms with Crippen molar-refractivity contribution in [1.29, 1.82) is 0 Å². The van der Waals surface area contributed by atoms with Gasteiger partial charge in [-0.25, -0.2) is 13.8 Å². The van der Waals surface area contributed by atoms with Crippen LogP contribution in [0.1, 0.15) is 11.1 Å². The highest BCUT2D eigenvalue weighted by Gasteiger charge is 2.30. The second kappa shape index (κ2) is 8.41. The minimum absolute atomic E-state index is 0.213. The average Bonchev–Trinajstić information content (AvgIpc) is 3.16. The van der Waals surface area contributed by atoms with Gasteiger partial charge in [-0.2, -0.15) is 13.2 Å². The highest BCUT2D eigenvalue weighted by molar-refractivity contribution is 5.81. The number of alkyl halides is 3. The molecule has 5 rings (SSSR count). The van der Waals surface area contributed by atoms with Crippen molar-refractivity contribution >= 4 is 11.0 Å². The van der Waals surface area contributed by atoms with Gasteiger partial charge in [0.05, 0.1) is 16.6 Å². The molecule has 0 fully saturated rings. The summed E-state index contributed by atoms with van der Waals surface area (Å²) in [7, 11) is 0. The van der Waals surface area contributed by atoms with Crippen LogP contribution in [0.15, 0.2) is 91.0 Å². The minimum atomic E-state index is -4.38. The molecule has 4 aromatic carbocycles. The molecule has 0 bridgehead atoms. The van der Waals surface area contributed by atoms with Crippen molar-refractivity contribution in [2.45, 2.75) is 12.7 Å². The predicted molar refractivity (Wildman–Crippen MR) is 121 cm³/mol. The topological polar surface area (TPSA) is 17.8 Å². The monoisotopic (exact) mass is 464 g/mol. The SMILES string of the molecule is Fc1cc(F)cc(Cn2c(-c3ccc(-c4ccc(C(F)(F)F)cc4)cc3)nc3ccccc32)c1. The second-order valence-corrected chi connectivity index (χ2v) is 7.94. The maximum atomic E-state index is 13.8. The number of hydrogen-bond acceptors (Lipinski definition) is 1. The molecule has 0 aliphatic carbocycles. The van der Waals surface area contributed by atoms with Crippen molar-refractivity contribution < 1.29 is 22.0 Å². The lowest BCUT2D eigenvalue weighted by Gasteiger charge is -2.11. The molecule has 1 aromatic heterocycles. The number of fused-ring (bicyclic) bond motifs is 1. The molecule has 0 unspecified atom stereocenters. The van der Waals surface area contributed by atoms with E-state index in [4.69, 9.17) is 4.98 Å². The Labute approximate surface area is 191 Å². The van der Waals surface area contributed by atoms with Crippen LogP contribution in [0, 0.1) is 11.6 Å². The lowest BCUT2D eigenvalue weighted by atomic mass is 10.0. The normalized spacial score (nSPS) is 11.8. The van der Waals surface area contributed by atoms with Crippen LogP contribution in [0.3, 0.4) is 0 Å². The van der Waals surface area contributed by atoms with E-state index in [2.05, 4.69) is 0 Å². The third-order valence-electron chi connectivity index (χ3n) is 5.61. The van der Waals surface area contributed by atoms with Gasteiger partial charge in [0.15, 0.2) is 0 Å². The van der Waals surface area contributed by atoms with Gasteiger partial charge < -0.3 is 4.57 Å². The largest absolute Gasteiger partial charge is 0.416 e. The Morgan fingerprint density at radius 2 is 1.24 bits per heavy atom. The van der Waals surface area contributed by atoms with Crippen LogP contribution in [0.4, 0.5) is 22.0 Å². The molecular weight excluding hydrogens is 447 g/mol. The number of para-hydroxylation sites is 2. The Morgan fingerprint density at radius 3 is 1.85 bits per heavy atom. The van der Waals surface area contributed by atoms with Crippen molar-refractivity contribution in [3.63, 3.8) is 0 Å². The second-order valence-electron chi connectivity index (χ2n) is 7.94. The van der Waals surface area contributed by atoms with E-state index in [-0.39, 0.29) is 6.54 Å². The van der Waals surface area contributed by atoms with Crippen LogP contribution in [0.25, 0.3) is 33.5 Å². The van der Waals surface area contributed by atoms with E-state index in [0.717, 1.165) is 40.4 Å². The molecule has 0 saturated heterocycles. The first-order chi connectivity index (χ1) is 16.3. The Kier molecular flexibility index (Phi) is 5.40. The van der Waals surface area contributed by atoms with Crippen LogP contribution >= 0.6 is 0 Å². The van der Waals surface area contributed by atoms with Crippen molar-refractivity contribution in [1.82, 2.24) is 9.55 Å². The molecule has 0 radical (unpaired) electrons.